The number of H-pyrrole nitrogens is 1. The van der Waals surface area contributed by atoms with E-state index in [9.17, 15) is 9.90 Å². The number of likely N-dealkylation sites (tertiary alicyclic amines) is 1. The van der Waals surface area contributed by atoms with E-state index in [-0.39, 0.29) is 5.92 Å². The van der Waals surface area contributed by atoms with Gasteiger partial charge in [-0.25, -0.2) is 4.98 Å². The summed E-state index contributed by atoms with van der Waals surface area (Å²) in [6.07, 6.45) is 2.17. The molecule has 1 amide bonds. The number of carbonyl (C=O) groups excluding carboxylic acids is 1. The van der Waals surface area contributed by atoms with E-state index in [1.165, 1.54) is 0 Å². The van der Waals surface area contributed by atoms with Crippen LogP contribution in [0.1, 0.15) is 24.5 Å². The number of aliphatic hydroxyl groups excluding tert-OH is 2. The Hall–Kier alpha value is -1.99. The van der Waals surface area contributed by atoms with Crippen LogP contribution in [0.5, 0.6) is 0 Å². The molecule has 0 spiro atoms. The number of carbonyl (C=O) groups is 1. The molecule has 1 saturated heterocycles. The van der Waals surface area contributed by atoms with Crippen LogP contribution < -0.4 is 0 Å². The maximum absolute atomic E-state index is 12.0. The molecule has 0 aliphatic carbocycles. The number of aliphatic hydroxyl groups is 2. The SMILES string of the molecule is O=C([C@H](O)CO)N1CCCC(c2[nH]nc3ncccc23)C1. The van der Waals surface area contributed by atoms with Gasteiger partial charge in [0.1, 0.15) is 0 Å². The van der Waals surface area contributed by atoms with Crippen LogP contribution in [0.3, 0.4) is 0 Å². The Balaban J connectivity index is 1.81. The minimum absolute atomic E-state index is 0.141. The molecular weight excluding hydrogens is 272 g/mol. The first kappa shape index (κ1) is 14.0. The molecule has 112 valence electrons. The van der Waals surface area contributed by atoms with E-state index in [4.69, 9.17) is 5.11 Å². The second kappa shape index (κ2) is 5.79. The third-order valence-electron chi connectivity index (χ3n) is 3.96. The zero-order chi connectivity index (χ0) is 14.8. The highest BCUT2D eigenvalue weighted by Gasteiger charge is 2.29. The molecule has 2 aromatic rings. The summed E-state index contributed by atoms with van der Waals surface area (Å²) in [7, 11) is 0. The number of hydrogen-bond acceptors (Lipinski definition) is 5. The Bertz CT molecular complexity index is 642. The van der Waals surface area contributed by atoms with Gasteiger partial charge in [0.05, 0.1) is 6.61 Å². The minimum atomic E-state index is -1.33. The summed E-state index contributed by atoms with van der Waals surface area (Å²) in [5.41, 5.74) is 1.65. The van der Waals surface area contributed by atoms with Gasteiger partial charge in [-0.05, 0) is 25.0 Å². The van der Waals surface area contributed by atoms with Gasteiger partial charge < -0.3 is 15.1 Å². The fourth-order valence-corrected chi connectivity index (χ4v) is 2.88. The summed E-state index contributed by atoms with van der Waals surface area (Å²) in [6, 6.07) is 3.83. The van der Waals surface area contributed by atoms with E-state index in [2.05, 4.69) is 15.2 Å². The molecule has 3 N–H and O–H groups in total. The Morgan fingerprint density at radius 2 is 2.43 bits per heavy atom. The van der Waals surface area contributed by atoms with Crippen LogP contribution in [0.25, 0.3) is 11.0 Å². The van der Waals surface area contributed by atoms with Gasteiger partial charge >= 0.3 is 0 Å². The molecule has 1 aliphatic rings. The molecule has 21 heavy (non-hydrogen) atoms. The summed E-state index contributed by atoms with van der Waals surface area (Å²) < 4.78 is 0. The van der Waals surface area contributed by atoms with Gasteiger partial charge in [-0.1, -0.05) is 0 Å². The molecule has 1 fully saturated rings. The number of pyridine rings is 1. The molecule has 3 rings (SSSR count). The molecule has 2 atom stereocenters. The minimum Gasteiger partial charge on any atom is -0.393 e. The van der Waals surface area contributed by atoms with E-state index >= 15 is 0 Å². The highest BCUT2D eigenvalue weighted by Crippen LogP contribution is 2.30. The van der Waals surface area contributed by atoms with Gasteiger partial charge in [-0.15, -0.1) is 0 Å². The maximum Gasteiger partial charge on any atom is 0.253 e. The van der Waals surface area contributed by atoms with Crippen molar-refractivity contribution in [2.45, 2.75) is 24.9 Å². The summed E-state index contributed by atoms with van der Waals surface area (Å²) in [5, 5.41) is 26.6. The molecule has 7 heteroatoms. The highest BCUT2D eigenvalue weighted by molar-refractivity contribution is 5.81. The lowest BCUT2D eigenvalue weighted by Crippen LogP contribution is -2.45. The van der Waals surface area contributed by atoms with Crippen LogP contribution in [-0.4, -0.2) is 62.0 Å². The van der Waals surface area contributed by atoms with E-state index in [0.29, 0.717) is 18.7 Å². The lowest BCUT2D eigenvalue weighted by atomic mass is 9.93. The lowest BCUT2D eigenvalue weighted by molar-refractivity contribution is -0.143. The fraction of sp³-hybridized carbons (Fsp3) is 0.500. The van der Waals surface area contributed by atoms with Crippen molar-refractivity contribution < 1.29 is 15.0 Å². The average molecular weight is 290 g/mol. The van der Waals surface area contributed by atoms with Crippen LogP contribution in [-0.2, 0) is 4.79 Å². The number of fused-ring (bicyclic) bond motifs is 1. The highest BCUT2D eigenvalue weighted by atomic mass is 16.3. The maximum atomic E-state index is 12.0. The van der Waals surface area contributed by atoms with Crippen LogP contribution >= 0.6 is 0 Å². The molecule has 0 saturated carbocycles. The van der Waals surface area contributed by atoms with Crippen molar-refractivity contribution in [3.63, 3.8) is 0 Å². The van der Waals surface area contributed by atoms with Crippen molar-refractivity contribution in [2.75, 3.05) is 19.7 Å². The van der Waals surface area contributed by atoms with Crippen molar-refractivity contribution >= 4 is 16.9 Å². The van der Waals surface area contributed by atoms with Gasteiger partial charge in [0.2, 0.25) is 0 Å². The topological polar surface area (TPSA) is 102 Å². The van der Waals surface area contributed by atoms with Crippen molar-refractivity contribution in [1.29, 1.82) is 0 Å². The van der Waals surface area contributed by atoms with E-state index in [0.717, 1.165) is 23.9 Å². The van der Waals surface area contributed by atoms with E-state index in [1.807, 2.05) is 12.1 Å². The molecular formula is C14H18N4O3. The Morgan fingerprint density at radius 1 is 1.57 bits per heavy atom. The molecule has 0 aromatic carbocycles. The van der Waals surface area contributed by atoms with Crippen LogP contribution in [0.15, 0.2) is 18.3 Å². The zero-order valence-corrected chi connectivity index (χ0v) is 11.6. The molecule has 0 bridgehead atoms. The number of piperidine rings is 1. The van der Waals surface area contributed by atoms with Crippen LogP contribution in [0, 0.1) is 0 Å². The number of nitrogens with one attached hydrogen (secondary N) is 1. The second-order valence-corrected chi connectivity index (χ2v) is 5.33. The third-order valence-corrected chi connectivity index (χ3v) is 3.96. The lowest BCUT2D eigenvalue weighted by Gasteiger charge is -2.33. The fourth-order valence-electron chi connectivity index (χ4n) is 2.88. The molecule has 2 aromatic heterocycles. The largest absolute Gasteiger partial charge is 0.393 e. The number of aromatic nitrogens is 3. The Labute approximate surface area is 121 Å². The normalized spacial score (nSPS) is 20.7. The van der Waals surface area contributed by atoms with E-state index in [1.54, 1.807) is 11.1 Å². The predicted molar refractivity (Wildman–Crippen MR) is 75.5 cm³/mol. The number of aromatic amines is 1. The first-order valence-electron chi connectivity index (χ1n) is 7.07. The van der Waals surface area contributed by atoms with Crippen molar-refractivity contribution in [3.8, 4) is 0 Å². The number of hydrogen-bond donors (Lipinski definition) is 3. The monoisotopic (exact) mass is 290 g/mol. The van der Waals surface area contributed by atoms with Crippen LogP contribution in [0.4, 0.5) is 0 Å². The molecule has 7 nitrogen and oxygen atoms in total. The first-order chi connectivity index (χ1) is 10.2. The molecule has 1 unspecified atom stereocenters. The standard InChI is InChI=1S/C14H18N4O3/c19-8-11(20)14(21)18-6-2-3-9(7-18)12-10-4-1-5-15-13(10)17-16-12/h1,4-5,9,11,19-20H,2-3,6-8H2,(H,15,16,17)/t9?,11-/m1/s1. The quantitative estimate of drug-likeness (QED) is 0.739. The number of nitrogens with zero attached hydrogens (tertiary/aromatic N) is 3. The number of rotatable bonds is 3. The van der Waals surface area contributed by atoms with Gasteiger partial charge in [0.15, 0.2) is 11.8 Å². The Morgan fingerprint density at radius 3 is 3.24 bits per heavy atom. The smallest absolute Gasteiger partial charge is 0.253 e. The summed E-state index contributed by atoms with van der Waals surface area (Å²) in [4.78, 5) is 17.8. The van der Waals surface area contributed by atoms with Gasteiger partial charge in [-0.2, -0.15) is 5.10 Å². The predicted octanol–water partition coefficient (Wildman–Crippen LogP) is 0.0171. The zero-order valence-electron chi connectivity index (χ0n) is 11.6. The van der Waals surface area contributed by atoms with Crippen LogP contribution in [0.2, 0.25) is 0 Å². The van der Waals surface area contributed by atoms with Crippen molar-refractivity contribution in [2.24, 2.45) is 0 Å². The molecule has 3 heterocycles. The van der Waals surface area contributed by atoms with Crippen molar-refractivity contribution in [3.05, 3.63) is 24.0 Å². The third kappa shape index (κ3) is 2.62. The number of amides is 1. The molecule has 0 radical (unpaired) electrons. The second-order valence-electron chi connectivity index (χ2n) is 5.33. The Kier molecular flexibility index (Phi) is 3.85. The van der Waals surface area contributed by atoms with Gasteiger partial charge in [-0.3, -0.25) is 9.89 Å². The first-order valence-corrected chi connectivity index (χ1v) is 7.07. The summed E-state index contributed by atoms with van der Waals surface area (Å²) >= 11 is 0. The van der Waals surface area contributed by atoms with E-state index < -0.39 is 18.6 Å². The molecule has 1 aliphatic heterocycles. The summed E-state index contributed by atoms with van der Waals surface area (Å²) in [6.45, 7) is 0.579. The van der Waals surface area contributed by atoms with Gasteiger partial charge in [0, 0.05) is 36.3 Å². The summed E-state index contributed by atoms with van der Waals surface area (Å²) in [5.74, 6) is -0.271. The van der Waals surface area contributed by atoms with Crippen molar-refractivity contribution in [1.82, 2.24) is 20.1 Å². The average Bonchev–Trinajstić information content (AvgIpc) is 2.97. The van der Waals surface area contributed by atoms with Gasteiger partial charge in [0.25, 0.3) is 5.91 Å².